The number of fused-ring (bicyclic) bond motifs is 1. The molecule has 0 unspecified atom stereocenters. The van der Waals surface area contributed by atoms with Crippen LogP contribution in [0.3, 0.4) is 0 Å². The fraction of sp³-hybridized carbons (Fsp3) is 0.471. The molecule has 1 amide bonds. The predicted molar refractivity (Wildman–Crippen MR) is 84.1 cm³/mol. The van der Waals surface area contributed by atoms with E-state index in [4.69, 9.17) is 14.7 Å². The van der Waals surface area contributed by atoms with Crippen molar-refractivity contribution in [2.75, 3.05) is 18.1 Å². The zero-order valence-corrected chi connectivity index (χ0v) is 13.6. The lowest BCUT2D eigenvalue weighted by Crippen LogP contribution is -2.52. The summed E-state index contributed by atoms with van der Waals surface area (Å²) in [5.74, 6) is 0.0900. The van der Waals surface area contributed by atoms with Crippen molar-refractivity contribution in [2.24, 2.45) is 0 Å². The van der Waals surface area contributed by atoms with Crippen LogP contribution in [0.25, 0.3) is 0 Å². The maximum Gasteiger partial charge on any atom is 0.305 e. The van der Waals surface area contributed by atoms with Crippen molar-refractivity contribution in [3.8, 4) is 11.8 Å². The molecule has 1 aromatic rings. The highest BCUT2D eigenvalue weighted by molar-refractivity contribution is 6.02. The number of nitrogens with zero attached hydrogens (tertiary/aromatic N) is 2. The third kappa shape index (κ3) is 3.62. The Balaban J connectivity index is 2.21. The van der Waals surface area contributed by atoms with Gasteiger partial charge in [-0.05, 0) is 45.4 Å². The summed E-state index contributed by atoms with van der Waals surface area (Å²) in [5, 5.41) is 9.05. The van der Waals surface area contributed by atoms with Gasteiger partial charge in [0.05, 0.1) is 23.9 Å². The Hall–Kier alpha value is -2.55. The zero-order valence-electron chi connectivity index (χ0n) is 13.6. The van der Waals surface area contributed by atoms with Gasteiger partial charge in [-0.25, -0.2) is 0 Å². The summed E-state index contributed by atoms with van der Waals surface area (Å²) in [6.45, 7) is 5.87. The van der Waals surface area contributed by atoms with Crippen molar-refractivity contribution >= 4 is 17.6 Å². The van der Waals surface area contributed by atoms with Gasteiger partial charge in [0.15, 0.2) is 5.60 Å². The van der Waals surface area contributed by atoms with Gasteiger partial charge >= 0.3 is 5.97 Å². The van der Waals surface area contributed by atoms with Crippen LogP contribution in [-0.2, 0) is 14.3 Å². The first kappa shape index (κ1) is 16.8. The van der Waals surface area contributed by atoms with Crippen LogP contribution in [0.15, 0.2) is 18.2 Å². The summed E-state index contributed by atoms with van der Waals surface area (Å²) in [5.41, 5.74) is 0.0398. The number of ether oxygens (including phenoxy) is 2. The van der Waals surface area contributed by atoms with Gasteiger partial charge in [0.2, 0.25) is 0 Å². The smallest absolute Gasteiger partial charge is 0.305 e. The Morgan fingerprint density at radius 2 is 2.17 bits per heavy atom. The molecule has 0 saturated carbocycles. The average Bonchev–Trinajstić information content (AvgIpc) is 2.50. The minimum Gasteiger partial charge on any atom is -0.476 e. The molecule has 0 aromatic heterocycles. The molecule has 0 fully saturated rings. The van der Waals surface area contributed by atoms with Crippen LogP contribution in [0.4, 0.5) is 5.69 Å². The minimum atomic E-state index is -0.981. The highest BCUT2D eigenvalue weighted by atomic mass is 16.5. The summed E-state index contributed by atoms with van der Waals surface area (Å²) in [7, 11) is 0. The quantitative estimate of drug-likeness (QED) is 0.779. The van der Waals surface area contributed by atoms with E-state index in [-0.39, 0.29) is 18.3 Å². The van der Waals surface area contributed by atoms with Gasteiger partial charge in [0.25, 0.3) is 5.91 Å². The third-order valence-electron chi connectivity index (χ3n) is 3.57. The van der Waals surface area contributed by atoms with E-state index in [1.165, 1.54) is 0 Å². The molecule has 6 nitrogen and oxygen atoms in total. The molecule has 1 aliphatic rings. The highest BCUT2D eigenvalue weighted by Gasteiger charge is 2.40. The lowest BCUT2D eigenvalue weighted by molar-refractivity contribution is -0.143. The van der Waals surface area contributed by atoms with Gasteiger partial charge in [-0.2, -0.15) is 5.26 Å². The number of anilines is 1. The molecule has 0 bridgehead atoms. The molecule has 23 heavy (non-hydrogen) atoms. The lowest BCUT2D eigenvalue weighted by Gasteiger charge is -2.38. The van der Waals surface area contributed by atoms with E-state index in [9.17, 15) is 9.59 Å². The first-order chi connectivity index (χ1) is 10.9. The Morgan fingerprint density at radius 3 is 2.83 bits per heavy atom. The van der Waals surface area contributed by atoms with Crippen LogP contribution >= 0.6 is 0 Å². The van der Waals surface area contributed by atoms with E-state index >= 15 is 0 Å². The van der Waals surface area contributed by atoms with E-state index < -0.39 is 5.60 Å². The monoisotopic (exact) mass is 316 g/mol. The van der Waals surface area contributed by atoms with Crippen molar-refractivity contribution in [1.82, 2.24) is 0 Å². The average molecular weight is 316 g/mol. The molecule has 6 heteroatoms. The summed E-state index contributed by atoms with van der Waals surface area (Å²) < 4.78 is 10.6. The molecule has 0 radical (unpaired) electrons. The molecule has 0 N–H and O–H groups in total. The fourth-order valence-electron chi connectivity index (χ4n) is 2.47. The zero-order chi connectivity index (χ0) is 17.0. The lowest BCUT2D eigenvalue weighted by atomic mass is 10.0. The fourth-order valence-corrected chi connectivity index (χ4v) is 2.47. The number of hydrogen-bond donors (Lipinski definition) is 0. The Labute approximate surface area is 135 Å². The number of amides is 1. The van der Waals surface area contributed by atoms with Crippen molar-refractivity contribution in [1.29, 1.82) is 5.26 Å². The second-order valence-electron chi connectivity index (χ2n) is 5.77. The third-order valence-corrected chi connectivity index (χ3v) is 3.57. The molecule has 122 valence electrons. The van der Waals surface area contributed by atoms with Crippen molar-refractivity contribution in [3.63, 3.8) is 0 Å². The molecule has 0 spiro atoms. The van der Waals surface area contributed by atoms with Crippen LogP contribution in [0, 0.1) is 11.3 Å². The maximum atomic E-state index is 12.6. The molecule has 1 heterocycles. The highest BCUT2D eigenvalue weighted by Crippen LogP contribution is 2.38. The molecule has 2 rings (SSSR count). The van der Waals surface area contributed by atoms with Crippen LogP contribution in [0.5, 0.6) is 5.75 Å². The van der Waals surface area contributed by atoms with E-state index in [1.54, 1.807) is 43.9 Å². The number of nitriles is 1. The normalized spacial score (nSPS) is 15.4. The van der Waals surface area contributed by atoms with Crippen LogP contribution in [-0.4, -0.2) is 30.6 Å². The van der Waals surface area contributed by atoms with Gasteiger partial charge in [-0.3, -0.25) is 9.59 Å². The standard InChI is InChI=1S/C17H20N2O4/c1-4-22-15(20)6-5-9-19-13-10-12(11-18)7-8-14(13)23-17(2,3)16(19)21/h7-8,10H,4-6,9H2,1-3H3. The van der Waals surface area contributed by atoms with E-state index in [0.717, 1.165) is 0 Å². The summed E-state index contributed by atoms with van der Waals surface area (Å²) in [6.07, 6.45) is 0.725. The first-order valence-electron chi connectivity index (χ1n) is 7.60. The van der Waals surface area contributed by atoms with Gasteiger partial charge in [0.1, 0.15) is 5.75 Å². The molecule has 0 atom stereocenters. The Bertz CT molecular complexity index is 661. The summed E-state index contributed by atoms with van der Waals surface area (Å²) in [6, 6.07) is 7.04. The molecular formula is C17H20N2O4. The van der Waals surface area contributed by atoms with Crippen molar-refractivity contribution < 1.29 is 19.1 Å². The van der Waals surface area contributed by atoms with Crippen molar-refractivity contribution in [2.45, 2.75) is 39.2 Å². The van der Waals surface area contributed by atoms with Gasteiger partial charge in [0, 0.05) is 13.0 Å². The van der Waals surface area contributed by atoms with Gasteiger partial charge in [-0.15, -0.1) is 0 Å². The number of hydrogen-bond acceptors (Lipinski definition) is 5. The molecule has 0 saturated heterocycles. The van der Waals surface area contributed by atoms with Gasteiger partial charge < -0.3 is 14.4 Å². The minimum absolute atomic E-state index is 0.191. The molecular weight excluding hydrogens is 296 g/mol. The maximum absolute atomic E-state index is 12.6. The molecule has 1 aromatic carbocycles. The van der Waals surface area contributed by atoms with Gasteiger partial charge in [-0.1, -0.05) is 0 Å². The molecule has 1 aliphatic heterocycles. The Kier molecular flexibility index (Phi) is 4.89. The van der Waals surface area contributed by atoms with E-state index in [1.807, 2.05) is 0 Å². The summed E-state index contributed by atoms with van der Waals surface area (Å²) in [4.78, 5) is 25.6. The van der Waals surface area contributed by atoms with E-state index in [0.29, 0.717) is 36.6 Å². The SMILES string of the molecule is CCOC(=O)CCCN1C(=O)C(C)(C)Oc2ccc(C#N)cc21. The van der Waals surface area contributed by atoms with Crippen molar-refractivity contribution in [3.05, 3.63) is 23.8 Å². The predicted octanol–water partition coefficient (Wildman–Crippen LogP) is 2.41. The number of esters is 1. The summed E-state index contributed by atoms with van der Waals surface area (Å²) >= 11 is 0. The van der Waals surface area contributed by atoms with Crippen LogP contribution < -0.4 is 9.64 Å². The topological polar surface area (TPSA) is 79.6 Å². The van der Waals surface area contributed by atoms with Crippen LogP contribution in [0.2, 0.25) is 0 Å². The largest absolute Gasteiger partial charge is 0.476 e. The second kappa shape index (κ2) is 6.69. The number of carbonyl (C=O) groups excluding carboxylic acids is 2. The number of benzene rings is 1. The number of rotatable bonds is 5. The first-order valence-corrected chi connectivity index (χ1v) is 7.60. The van der Waals surface area contributed by atoms with Crippen LogP contribution in [0.1, 0.15) is 39.2 Å². The Morgan fingerprint density at radius 1 is 1.43 bits per heavy atom. The molecule has 0 aliphatic carbocycles. The number of carbonyl (C=O) groups is 2. The second-order valence-corrected chi connectivity index (χ2v) is 5.77. The van der Waals surface area contributed by atoms with E-state index in [2.05, 4.69) is 6.07 Å².